The molecule has 0 fully saturated rings. The van der Waals surface area contributed by atoms with Gasteiger partial charge in [-0.1, -0.05) is 164 Å². The van der Waals surface area contributed by atoms with Crippen molar-refractivity contribution in [3.8, 4) is 0 Å². The highest BCUT2D eigenvalue weighted by Crippen LogP contribution is 2.41. The molecule has 0 N–H and O–H groups in total. The maximum Gasteiger partial charge on any atom is 0.191 e. The molecule has 5 heteroatoms. The third-order valence-corrected chi connectivity index (χ3v) is 12.0. The Labute approximate surface area is 384 Å². The minimum Gasteiger partial charge on any atom is -0.314 e. The lowest BCUT2D eigenvalue weighted by molar-refractivity contribution is 0.987. The number of fused-ring (bicyclic) bond motifs is 1. The molecular weight excluding hydrogens is 797 g/mol. The van der Waals surface area contributed by atoms with Crippen molar-refractivity contribution in [1.82, 2.24) is 4.98 Å². The van der Waals surface area contributed by atoms with Gasteiger partial charge in [0.05, 0.1) is 10.2 Å². The molecule has 0 bridgehead atoms. The van der Waals surface area contributed by atoms with E-state index in [1.165, 1.54) is 16.7 Å². The van der Waals surface area contributed by atoms with Gasteiger partial charge in [-0.3, -0.25) is 0 Å². The van der Waals surface area contributed by atoms with Gasteiger partial charge in [-0.05, 0) is 134 Å². The number of benzene rings is 5. The zero-order valence-electron chi connectivity index (χ0n) is 36.9. The first-order valence-electron chi connectivity index (χ1n) is 21.8. The van der Waals surface area contributed by atoms with Gasteiger partial charge in [-0.25, -0.2) is 4.98 Å². The first-order chi connectivity index (χ1) is 31.5. The second-order valence-electron chi connectivity index (χ2n) is 15.2. The summed E-state index contributed by atoms with van der Waals surface area (Å²) in [5.74, 6) is 0. The number of para-hydroxylation sites is 4. The summed E-state index contributed by atoms with van der Waals surface area (Å²) in [7, 11) is 0. The van der Waals surface area contributed by atoms with Gasteiger partial charge in [0.1, 0.15) is 0 Å². The molecule has 64 heavy (non-hydrogen) atoms. The van der Waals surface area contributed by atoms with Crippen molar-refractivity contribution < 1.29 is 0 Å². The average molecular weight is 853 g/mol. The summed E-state index contributed by atoms with van der Waals surface area (Å²) in [5, 5.41) is 0.935. The molecule has 4 nitrogen and oxygen atoms in total. The van der Waals surface area contributed by atoms with Gasteiger partial charge in [0.2, 0.25) is 0 Å². The van der Waals surface area contributed by atoms with Crippen molar-refractivity contribution in [2.75, 3.05) is 21.2 Å². The van der Waals surface area contributed by atoms with E-state index in [2.05, 4.69) is 230 Å². The van der Waals surface area contributed by atoms with Crippen LogP contribution in [0.3, 0.4) is 0 Å². The lowest BCUT2D eigenvalue weighted by Crippen LogP contribution is -2.22. The quantitative estimate of drug-likeness (QED) is 0.0598. The van der Waals surface area contributed by atoms with E-state index in [4.69, 9.17) is 4.98 Å². The average Bonchev–Trinajstić information content (AvgIpc) is 3.65. The van der Waals surface area contributed by atoms with E-state index in [1.54, 1.807) is 11.3 Å². The Morgan fingerprint density at radius 1 is 0.719 bits per heavy atom. The Kier molecular flexibility index (Phi) is 15.7. The molecule has 0 aliphatic heterocycles. The fourth-order valence-electron chi connectivity index (χ4n) is 7.81. The van der Waals surface area contributed by atoms with E-state index >= 15 is 0 Å². The van der Waals surface area contributed by atoms with Crippen molar-refractivity contribution in [2.45, 2.75) is 33.1 Å². The summed E-state index contributed by atoms with van der Waals surface area (Å²) in [5.41, 5.74) is 13.3. The Balaban J connectivity index is 1.35. The molecule has 0 unspecified atom stereocenters. The van der Waals surface area contributed by atoms with E-state index in [0.29, 0.717) is 13.0 Å². The number of allylic oxidation sites excluding steroid dienone is 15. The van der Waals surface area contributed by atoms with Crippen LogP contribution in [0.2, 0.25) is 0 Å². The van der Waals surface area contributed by atoms with Crippen LogP contribution in [-0.2, 0) is 6.42 Å². The SMILES string of the molecule is C=C/C=C\C(=C(/C)CC=C)N(C/C=C\C)c1nc2c(C/C=C\C(=C/C=C)N(c3ccccc3)c3ccccc3)ccc(C3=CC=C(N(c4ccccc4)c4ccccc4)C=CC3)c2s1. The molecule has 1 aliphatic rings. The number of rotatable bonds is 19. The second kappa shape index (κ2) is 22.6. The van der Waals surface area contributed by atoms with Crippen molar-refractivity contribution in [3.63, 3.8) is 0 Å². The minimum atomic E-state index is 0.670. The van der Waals surface area contributed by atoms with Gasteiger partial charge in [0, 0.05) is 46.4 Å². The van der Waals surface area contributed by atoms with Gasteiger partial charge in [0.25, 0.3) is 0 Å². The molecule has 1 aromatic heterocycles. The number of aromatic nitrogens is 1. The third-order valence-electron chi connectivity index (χ3n) is 10.9. The Bertz CT molecular complexity index is 2700. The molecule has 0 saturated heterocycles. The molecule has 0 saturated carbocycles. The Hall–Kier alpha value is -7.47. The van der Waals surface area contributed by atoms with Crippen molar-refractivity contribution >= 4 is 55.0 Å². The van der Waals surface area contributed by atoms with Crippen LogP contribution in [0.25, 0.3) is 15.8 Å². The van der Waals surface area contributed by atoms with Crippen LogP contribution in [0.1, 0.15) is 37.8 Å². The maximum absolute atomic E-state index is 5.55. The molecule has 0 amide bonds. The molecule has 0 spiro atoms. The summed E-state index contributed by atoms with van der Waals surface area (Å²) >= 11 is 1.75. The maximum atomic E-state index is 5.55. The van der Waals surface area contributed by atoms with E-state index in [-0.39, 0.29) is 0 Å². The molecule has 0 radical (unpaired) electrons. The predicted molar refractivity (Wildman–Crippen MR) is 280 cm³/mol. The molecule has 318 valence electrons. The summed E-state index contributed by atoms with van der Waals surface area (Å²) in [6, 6.07) is 46.6. The highest BCUT2D eigenvalue weighted by molar-refractivity contribution is 7.22. The Morgan fingerprint density at radius 3 is 1.92 bits per heavy atom. The van der Waals surface area contributed by atoms with Crippen LogP contribution in [0.15, 0.2) is 261 Å². The molecule has 1 aliphatic carbocycles. The number of thiazole rings is 1. The fraction of sp³-hybridized carbons (Fsp3) is 0.102. The van der Waals surface area contributed by atoms with Gasteiger partial charge in [0.15, 0.2) is 5.13 Å². The Morgan fingerprint density at radius 2 is 1.34 bits per heavy atom. The lowest BCUT2D eigenvalue weighted by atomic mass is 9.99. The zero-order valence-corrected chi connectivity index (χ0v) is 37.7. The number of nitrogens with zero attached hydrogens (tertiary/aromatic N) is 4. The molecule has 5 aromatic carbocycles. The second-order valence-corrected chi connectivity index (χ2v) is 16.2. The third kappa shape index (κ3) is 10.8. The topological polar surface area (TPSA) is 22.6 Å². The monoisotopic (exact) mass is 852 g/mol. The van der Waals surface area contributed by atoms with Crippen LogP contribution in [0.5, 0.6) is 0 Å². The van der Waals surface area contributed by atoms with Crippen LogP contribution in [0, 0.1) is 0 Å². The van der Waals surface area contributed by atoms with Crippen molar-refractivity contribution in [2.24, 2.45) is 0 Å². The summed E-state index contributed by atoms with van der Waals surface area (Å²) in [6.45, 7) is 17.0. The van der Waals surface area contributed by atoms with Gasteiger partial charge >= 0.3 is 0 Å². The fourth-order valence-corrected chi connectivity index (χ4v) is 9.00. The molecule has 0 atom stereocenters. The summed E-state index contributed by atoms with van der Waals surface area (Å²) < 4.78 is 1.16. The first-order valence-corrected chi connectivity index (χ1v) is 22.6. The van der Waals surface area contributed by atoms with Crippen molar-refractivity contribution in [3.05, 3.63) is 272 Å². The van der Waals surface area contributed by atoms with E-state index in [9.17, 15) is 0 Å². The van der Waals surface area contributed by atoms with E-state index in [1.807, 2.05) is 36.4 Å². The predicted octanol–water partition coefficient (Wildman–Crippen LogP) is 16.3. The zero-order chi connectivity index (χ0) is 44.5. The minimum absolute atomic E-state index is 0.670. The molecule has 7 rings (SSSR count). The number of hydrogen-bond acceptors (Lipinski definition) is 5. The summed E-state index contributed by atoms with van der Waals surface area (Å²) in [4.78, 5) is 12.4. The van der Waals surface area contributed by atoms with Crippen molar-refractivity contribution in [1.29, 1.82) is 0 Å². The van der Waals surface area contributed by atoms with Crippen LogP contribution in [-0.4, -0.2) is 11.5 Å². The van der Waals surface area contributed by atoms with E-state index in [0.717, 1.165) is 73.6 Å². The van der Waals surface area contributed by atoms with Crippen LogP contribution in [0.4, 0.5) is 27.9 Å². The molecular formula is C59H56N4S. The van der Waals surface area contributed by atoms with Gasteiger partial charge in [-0.15, -0.1) is 6.58 Å². The number of hydrogen-bond donors (Lipinski definition) is 0. The number of anilines is 5. The molecule has 1 heterocycles. The highest BCUT2D eigenvalue weighted by atomic mass is 32.1. The normalized spacial score (nSPS) is 13.4. The summed E-state index contributed by atoms with van der Waals surface area (Å²) in [6.07, 6.45) is 31.9. The largest absolute Gasteiger partial charge is 0.314 e. The van der Waals surface area contributed by atoms with Crippen LogP contribution < -0.4 is 14.7 Å². The van der Waals surface area contributed by atoms with Gasteiger partial charge in [-0.2, -0.15) is 0 Å². The van der Waals surface area contributed by atoms with Crippen LogP contribution >= 0.6 is 11.3 Å². The first kappa shape index (κ1) is 44.6. The highest BCUT2D eigenvalue weighted by Gasteiger charge is 2.22. The lowest BCUT2D eigenvalue weighted by Gasteiger charge is -2.26. The standard InChI is InChI=1S/C59H56N4S/c1-6-10-40-56(46(5)26-8-3)61(45-11-7-2)59-60-57-48(29-25-38-49(27-9-4)62(50-30-16-12-17-31-50)51-32-18-13-19-33-51)42-44-55(58(57)64-59)47-28-24-39-54(43-41-47)63(52-34-20-14-21-35-52)53-36-22-15-23-37-53/h6-25,27,30-44H,1,3-4,26,28-29,45H2,2,5H3/b11-7-,38-25-,40-10-,49-27+,56-46-. The van der Waals surface area contributed by atoms with Gasteiger partial charge < -0.3 is 14.7 Å². The smallest absolute Gasteiger partial charge is 0.191 e. The van der Waals surface area contributed by atoms with E-state index < -0.39 is 0 Å². The molecule has 6 aromatic rings.